The molecule has 3 rings (SSSR count). The highest BCUT2D eigenvalue weighted by Gasteiger charge is 2.17. The highest BCUT2D eigenvalue weighted by atomic mass is 32.2. The summed E-state index contributed by atoms with van der Waals surface area (Å²) in [4.78, 5) is 24.1. The topological polar surface area (TPSA) is 86.1 Å². The van der Waals surface area contributed by atoms with Gasteiger partial charge in [0, 0.05) is 31.5 Å². The number of carbonyl (C=O) groups is 2. The molecule has 0 fully saturated rings. The van der Waals surface area contributed by atoms with Gasteiger partial charge in [-0.25, -0.2) is 0 Å². The summed E-state index contributed by atoms with van der Waals surface area (Å²) >= 11 is 1.35. The number of nitrogens with zero attached hydrogens (tertiary/aromatic N) is 3. The highest BCUT2D eigenvalue weighted by Crippen LogP contribution is 2.25. The highest BCUT2D eigenvalue weighted by molar-refractivity contribution is 7.99. The van der Waals surface area contributed by atoms with E-state index in [0.29, 0.717) is 41.2 Å². The van der Waals surface area contributed by atoms with Crippen molar-refractivity contribution in [2.24, 2.45) is 5.92 Å². The van der Waals surface area contributed by atoms with E-state index in [1.807, 2.05) is 53.1 Å². The fourth-order valence-electron chi connectivity index (χ4n) is 3.43. The van der Waals surface area contributed by atoms with Crippen LogP contribution in [-0.2, 0) is 17.6 Å². The molecule has 0 aliphatic rings. The maximum Gasteiger partial charge on any atom is 0.216 e. The average Bonchev–Trinajstić information content (AvgIpc) is 3.20. The Morgan fingerprint density at radius 3 is 2.55 bits per heavy atom. The number of ether oxygens (including phenoxy) is 1. The van der Waals surface area contributed by atoms with E-state index in [2.05, 4.69) is 29.4 Å². The zero-order valence-electron chi connectivity index (χ0n) is 19.5. The summed E-state index contributed by atoms with van der Waals surface area (Å²) in [6, 6.07) is 15.4. The standard InChI is InChI=1S/C25H30N4O3S/c1-17(2)14-19-8-10-20(11-9-19)23(31)16-33-25-28-27-24(12-13-26-18(3)30)29(25)21-6-5-7-22(15-21)32-4/h5-11,15,17H,12-14,16H2,1-4H3,(H,26,30). The Morgan fingerprint density at radius 2 is 1.88 bits per heavy atom. The van der Waals surface area contributed by atoms with Crippen molar-refractivity contribution in [3.8, 4) is 11.4 Å². The second kappa shape index (κ2) is 11.7. The number of carbonyl (C=O) groups excluding carboxylic acids is 2. The summed E-state index contributed by atoms with van der Waals surface area (Å²) < 4.78 is 7.27. The van der Waals surface area contributed by atoms with Gasteiger partial charge in [-0.15, -0.1) is 10.2 Å². The maximum atomic E-state index is 12.8. The summed E-state index contributed by atoms with van der Waals surface area (Å²) in [5.41, 5.74) is 2.76. The summed E-state index contributed by atoms with van der Waals surface area (Å²) in [5, 5.41) is 12.1. The second-order valence-corrected chi connectivity index (χ2v) is 9.12. The number of rotatable bonds is 11. The molecule has 174 valence electrons. The first kappa shape index (κ1) is 24.5. The average molecular weight is 467 g/mol. The molecule has 0 unspecified atom stereocenters. The third kappa shape index (κ3) is 6.92. The molecule has 33 heavy (non-hydrogen) atoms. The monoisotopic (exact) mass is 466 g/mol. The van der Waals surface area contributed by atoms with Crippen molar-refractivity contribution in [2.45, 2.75) is 38.8 Å². The Balaban J connectivity index is 1.78. The van der Waals surface area contributed by atoms with E-state index in [4.69, 9.17) is 4.74 Å². The normalized spacial score (nSPS) is 10.9. The fraction of sp³-hybridized carbons (Fsp3) is 0.360. The first-order valence-corrected chi connectivity index (χ1v) is 11.9. The van der Waals surface area contributed by atoms with E-state index in [1.165, 1.54) is 24.2 Å². The van der Waals surface area contributed by atoms with Crippen LogP contribution in [0.1, 0.15) is 42.5 Å². The number of hydrogen-bond acceptors (Lipinski definition) is 6. The third-order valence-corrected chi connectivity index (χ3v) is 5.92. The number of methoxy groups -OCH3 is 1. The van der Waals surface area contributed by atoms with Crippen molar-refractivity contribution in [3.63, 3.8) is 0 Å². The lowest BCUT2D eigenvalue weighted by Crippen LogP contribution is -2.23. The van der Waals surface area contributed by atoms with Crippen LogP contribution in [0.5, 0.6) is 5.75 Å². The largest absolute Gasteiger partial charge is 0.497 e. The molecule has 0 bridgehead atoms. The van der Waals surface area contributed by atoms with Crippen LogP contribution >= 0.6 is 11.8 Å². The minimum atomic E-state index is -0.0953. The number of thioether (sulfide) groups is 1. The molecule has 1 N–H and O–H groups in total. The molecule has 0 spiro atoms. The lowest BCUT2D eigenvalue weighted by atomic mass is 10.0. The Morgan fingerprint density at radius 1 is 1.12 bits per heavy atom. The van der Waals surface area contributed by atoms with Gasteiger partial charge in [0.15, 0.2) is 10.9 Å². The molecule has 0 radical (unpaired) electrons. The minimum Gasteiger partial charge on any atom is -0.497 e. The molecule has 1 aromatic heterocycles. The van der Waals surface area contributed by atoms with Gasteiger partial charge in [0.1, 0.15) is 11.6 Å². The number of amides is 1. The van der Waals surface area contributed by atoms with Crippen molar-refractivity contribution in [1.82, 2.24) is 20.1 Å². The second-order valence-electron chi connectivity index (χ2n) is 8.18. The molecular weight excluding hydrogens is 436 g/mol. The van der Waals surface area contributed by atoms with Crippen molar-refractivity contribution in [3.05, 3.63) is 65.5 Å². The molecule has 0 atom stereocenters. The minimum absolute atomic E-state index is 0.0380. The van der Waals surface area contributed by atoms with Crippen LogP contribution in [0.2, 0.25) is 0 Å². The molecule has 0 aliphatic heterocycles. The number of aromatic nitrogens is 3. The Labute approximate surface area is 198 Å². The third-order valence-electron chi connectivity index (χ3n) is 4.99. The molecular formula is C25H30N4O3S. The summed E-state index contributed by atoms with van der Waals surface area (Å²) in [7, 11) is 1.61. The molecule has 8 heteroatoms. The lowest BCUT2D eigenvalue weighted by Gasteiger charge is -2.12. The number of benzene rings is 2. The zero-order valence-corrected chi connectivity index (χ0v) is 20.3. The van der Waals surface area contributed by atoms with E-state index < -0.39 is 0 Å². The zero-order chi connectivity index (χ0) is 23.8. The number of nitrogens with one attached hydrogen (secondary N) is 1. The predicted octanol–water partition coefficient (Wildman–Crippen LogP) is 4.13. The van der Waals surface area contributed by atoms with Gasteiger partial charge in [-0.3, -0.25) is 14.2 Å². The van der Waals surface area contributed by atoms with Gasteiger partial charge in [0.2, 0.25) is 5.91 Å². The van der Waals surface area contributed by atoms with Gasteiger partial charge < -0.3 is 10.1 Å². The van der Waals surface area contributed by atoms with E-state index in [-0.39, 0.29) is 17.4 Å². The van der Waals surface area contributed by atoms with Gasteiger partial charge in [0.25, 0.3) is 0 Å². The van der Waals surface area contributed by atoms with Gasteiger partial charge >= 0.3 is 0 Å². The molecule has 1 amide bonds. The van der Waals surface area contributed by atoms with E-state index >= 15 is 0 Å². The van der Waals surface area contributed by atoms with Crippen LogP contribution < -0.4 is 10.1 Å². The van der Waals surface area contributed by atoms with Crippen LogP contribution in [0, 0.1) is 5.92 Å². The van der Waals surface area contributed by atoms with Crippen molar-refractivity contribution in [2.75, 3.05) is 19.4 Å². The molecule has 0 aliphatic carbocycles. The predicted molar refractivity (Wildman–Crippen MR) is 130 cm³/mol. The summed E-state index contributed by atoms with van der Waals surface area (Å²) in [6.45, 7) is 6.29. The van der Waals surface area contributed by atoms with Crippen molar-refractivity contribution < 1.29 is 14.3 Å². The summed E-state index contributed by atoms with van der Waals surface area (Å²) in [5.74, 6) is 2.17. The SMILES string of the molecule is COc1cccc(-n2c(CCNC(C)=O)nnc2SCC(=O)c2ccc(CC(C)C)cc2)c1. The van der Waals surface area contributed by atoms with E-state index in [1.54, 1.807) is 7.11 Å². The molecule has 1 heterocycles. The van der Waals surface area contributed by atoms with Gasteiger partial charge in [-0.1, -0.05) is 55.9 Å². The van der Waals surface area contributed by atoms with E-state index in [0.717, 1.165) is 12.1 Å². The Hall–Kier alpha value is -3.13. The first-order chi connectivity index (χ1) is 15.9. The number of Topliss-reactive ketones (excluding diaryl/α,β-unsaturated/α-hetero) is 1. The number of ketones is 1. The number of hydrogen-bond donors (Lipinski definition) is 1. The lowest BCUT2D eigenvalue weighted by molar-refractivity contribution is -0.118. The van der Waals surface area contributed by atoms with Crippen LogP contribution in [0.15, 0.2) is 53.7 Å². The quantitative estimate of drug-likeness (QED) is 0.338. The molecule has 2 aromatic carbocycles. The van der Waals surface area contributed by atoms with Gasteiger partial charge in [-0.2, -0.15) is 0 Å². The summed E-state index contributed by atoms with van der Waals surface area (Å²) in [6.07, 6.45) is 1.50. The van der Waals surface area contributed by atoms with Gasteiger partial charge in [0.05, 0.1) is 18.6 Å². The Kier molecular flexibility index (Phi) is 8.65. The Bertz CT molecular complexity index is 1090. The molecule has 7 nitrogen and oxygen atoms in total. The van der Waals surface area contributed by atoms with Crippen molar-refractivity contribution >= 4 is 23.5 Å². The first-order valence-electron chi connectivity index (χ1n) is 11.0. The van der Waals surface area contributed by atoms with Crippen LogP contribution in [-0.4, -0.2) is 45.9 Å². The maximum absolute atomic E-state index is 12.8. The molecule has 3 aromatic rings. The van der Waals surface area contributed by atoms with Gasteiger partial charge in [-0.05, 0) is 30.0 Å². The fourth-order valence-corrected chi connectivity index (χ4v) is 4.29. The molecule has 0 saturated carbocycles. The smallest absolute Gasteiger partial charge is 0.216 e. The van der Waals surface area contributed by atoms with Crippen molar-refractivity contribution in [1.29, 1.82) is 0 Å². The molecule has 0 saturated heterocycles. The van der Waals surface area contributed by atoms with E-state index in [9.17, 15) is 9.59 Å². The van der Waals surface area contributed by atoms with Crippen LogP contribution in [0.3, 0.4) is 0 Å². The van der Waals surface area contributed by atoms with Crippen LogP contribution in [0.25, 0.3) is 5.69 Å². The van der Waals surface area contributed by atoms with Crippen LogP contribution in [0.4, 0.5) is 0 Å².